The molecule has 4 aliphatic rings. The molecule has 0 aliphatic heterocycles. The second-order valence-electron chi connectivity index (χ2n) is 14.6. The number of allylic oxidation sites excluding steroid dienone is 4. The van der Waals surface area contributed by atoms with E-state index in [1.54, 1.807) is 39.3 Å². The summed E-state index contributed by atoms with van der Waals surface area (Å²) in [7, 11) is 3.17. The summed E-state index contributed by atoms with van der Waals surface area (Å²) in [4.78, 5) is 48.9. The molecular formula is C41H46O8. The van der Waals surface area contributed by atoms with E-state index >= 15 is 0 Å². The van der Waals surface area contributed by atoms with Crippen molar-refractivity contribution in [3.63, 3.8) is 0 Å². The van der Waals surface area contributed by atoms with Crippen LogP contribution in [-0.4, -0.2) is 37.4 Å². The summed E-state index contributed by atoms with van der Waals surface area (Å²) < 4.78 is 22.0. The maximum atomic E-state index is 12.8. The Balaban J connectivity index is 0.000000177. The summed E-state index contributed by atoms with van der Waals surface area (Å²) in [6.07, 6.45) is 9.20. The van der Waals surface area contributed by atoms with Gasteiger partial charge in [-0.25, -0.2) is 0 Å². The van der Waals surface area contributed by atoms with Crippen LogP contribution >= 0.6 is 0 Å². The highest BCUT2D eigenvalue weighted by molar-refractivity contribution is 5.93. The molecule has 7 rings (SSSR count). The monoisotopic (exact) mass is 666 g/mol. The molecular weight excluding hydrogens is 620 g/mol. The minimum absolute atomic E-state index is 0.0160. The van der Waals surface area contributed by atoms with E-state index in [4.69, 9.17) is 18.6 Å². The Morgan fingerprint density at radius 1 is 0.878 bits per heavy atom. The van der Waals surface area contributed by atoms with Gasteiger partial charge >= 0.3 is 5.97 Å². The van der Waals surface area contributed by atoms with Crippen molar-refractivity contribution >= 4 is 28.5 Å². The minimum Gasteiger partial charge on any atom is -0.497 e. The largest absolute Gasteiger partial charge is 0.497 e. The Bertz CT molecular complexity index is 1950. The fourth-order valence-corrected chi connectivity index (χ4v) is 9.66. The number of benzene rings is 2. The van der Waals surface area contributed by atoms with E-state index in [2.05, 4.69) is 26.8 Å². The van der Waals surface area contributed by atoms with Gasteiger partial charge in [0.15, 0.2) is 22.6 Å². The predicted molar refractivity (Wildman–Crippen MR) is 187 cm³/mol. The maximum Gasteiger partial charge on any atom is 0.303 e. The molecule has 0 radical (unpaired) electrons. The first-order valence-electron chi connectivity index (χ1n) is 17.2. The standard InChI is InChI=1S/C24H32O4.C17H14O4/c1-14-12-18-19(22(4)9-6-17(27)13-21(14)22)7-10-23(5)20(18)8-11-24(23,15(2)25)28-16(3)26;1-19-12-5-3-4-11(8-12)16-10-15(18)14-7-6-13(20-2)9-17(14)21-16/h12-13,18-20H,6-11H2,1-5H3;3-10H,1-2H3. The molecule has 0 amide bonds. The number of Topliss-reactive ketones (excluding diaryl/α,β-unsaturated/α-hetero) is 1. The van der Waals surface area contributed by atoms with Gasteiger partial charge in [-0.1, -0.05) is 37.6 Å². The van der Waals surface area contributed by atoms with Gasteiger partial charge in [-0.2, -0.15) is 0 Å². The Morgan fingerprint density at radius 2 is 1.59 bits per heavy atom. The third kappa shape index (κ3) is 5.73. The molecule has 6 atom stereocenters. The number of ether oxygens (including phenoxy) is 3. The van der Waals surface area contributed by atoms with Crippen LogP contribution < -0.4 is 14.9 Å². The van der Waals surface area contributed by atoms with E-state index in [-0.39, 0.29) is 33.8 Å². The lowest BCUT2D eigenvalue weighted by atomic mass is 9.47. The predicted octanol–water partition coefficient (Wildman–Crippen LogP) is 8.05. The number of ketones is 2. The first-order chi connectivity index (χ1) is 23.3. The molecule has 1 aromatic heterocycles. The van der Waals surface area contributed by atoms with Crippen LogP contribution in [0.2, 0.25) is 0 Å². The molecule has 0 bridgehead atoms. The lowest BCUT2D eigenvalue weighted by Gasteiger charge is -2.58. The van der Waals surface area contributed by atoms with Crippen molar-refractivity contribution in [2.45, 2.75) is 78.7 Å². The molecule has 3 aromatic rings. The van der Waals surface area contributed by atoms with Gasteiger partial charge in [-0.15, -0.1) is 0 Å². The van der Waals surface area contributed by atoms with Crippen molar-refractivity contribution in [1.29, 1.82) is 0 Å². The topological polar surface area (TPSA) is 109 Å². The first-order valence-corrected chi connectivity index (χ1v) is 17.2. The van der Waals surface area contributed by atoms with Crippen LogP contribution in [0.3, 0.4) is 0 Å². The molecule has 258 valence electrons. The number of carbonyl (C=O) groups is 3. The maximum absolute atomic E-state index is 12.8. The van der Waals surface area contributed by atoms with Crippen LogP contribution in [0.15, 0.2) is 81.0 Å². The zero-order chi connectivity index (χ0) is 35.3. The zero-order valence-corrected chi connectivity index (χ0v) is 29.5. The third-order valence-corrected chi connectivity index (χ3v) is 12.1. The average molecular weight is 667 g/mol. The molecule has 1 heterocycles. The SMILES string of the molecule is CC(=O)OC1(C(C)=O)CCC2C3C=C(C)C4=CC(=O)CCC4(C)C3CCC21C.COc1cccc(-c2cc(=O)c3ccc(OC)cc3o2)c1. The Morgan fingerprint density at radius 3 is 2.29 bits per heavy atom. The number of esters is 1. The Labute approximate surface area is 287 Å². The summed E-state index contributed by atoms with van der Waals surface area (Å²) in [6, 6.07) is 14.0. The van der Waals surface area contributed by atoms with E-state index in [9.17, 15) is 19.2 Å². The summed E-state index contributed by atoms with van der Waals surface area (Å²) in [5.41, 5.74) is 2.35. The Kier molecular flexibility index (Phi) is 8.97. The highest BCUT2D eigenvalue weighted by Gasteiger charge is 2.67. The number of rotatable bonds is 5. The first kappa shape index (κ1) is 34.4. The van der Waals surface area contributed by atoms with Crippen LogP contribution in [0, 0.1) is 28.6 Å². The highest BCUT2D eigenvalue weighted by Crippen LogP contribution is 2.67. The van der Waals surface area contributed by atoms with Gasteiger partial charge in [0.25, 0.3) is 0 Å². The van der Waals surface area contributed by atoms with Gasteiger partial charge in [-0.3, -0.25) is 19.2 Å². The molecule has 4 aliphatic carbocycles. The lowest BCUT2D eigenvalue weighted by molar-refractivity contribution is -0.185. The molecule has 2 saturated carbocycles. The van der Waals surface area contributed by atoms with E-state index in [1.807, 2.05) is 30.3 Å². The van der Waals surface area contributed by atoms with Gasteiger partial charge in [-0.05, 0) is 105 Å². The summed E-state index contributed by atoms with van der Waals surface area (Å²) in [5.74, 6) is 2.88. The van der Waals surface area contributed by atoms with Gasteiger partial charge in [0.2, 0.25) is 0 Å². The van der Waals surface area contributed by atoms with Crippen LogP contribution in [0.1, 0.15) is 73.1 Å². The number of hydrogen-bond acceptors (Lipinski definition) is 8. The van der Waals surface area contributed by atoms with Crippen molar-refractivity contribution < 1.29 is 33.0 Å². The molecule has 0 saturated heterocycles. The average Bonchev–Trinajstić information content (AvgIpc) is 3.38. The molecule has 8 heteroatoms. The van der Waals surface area contributed by atoms with Crippen LogP contribution in [0.5, 0.6) is 11.5 Å². The van der Waals surface area contributed by atoms with E-state index in [0.717, 1.165) is 31.2 Å². The van der Waals surface area contributed by atoms with E-state index in [0.29, 0.717) is 58.8 Å². The Hall–Kier alpha value is -4.46. The fourth-order valence-electron chi connectivity index (χ4n) is 9.66. The van der Waals surface area contributed by atoms with E-state index in [1.165, 1.54) is 24.1 Å². The summed E-state index contributed by atoms with van der Waals surface area (Å²) in [5, 5.41) is 0.530. The van der Waals surface area contributed by atoms with E-state index < -0.39 is 5.60 Å². The minimum atomic E-state index is -0.990. The number of methoxy groups -OCH3 is 2. The quantitative estimate of drug-likeness (QED) is 0.252. The van der Waals surface area contributed by atoms with Gasteiger partial charge in [0, 0.05) is 36.5 Å². The fraction of sp³-hybridized carbons (Fsp3) is 0.463. The van der Waals surface area contributed by atoms with Gasteiger partial charge < -0.3 is 18.6 Å². The van der Waals surface area contributed by atoms with Crippen molar-refractivity contribution in [3.8, 4) is 22.8 Å². The smallest absolute Gasteiger partial charge is 0.303 e. The molecule has 0 N–H and O–H groups in total. The van der Waals surface area contributed by atoms with Crippen molar-refractivity contribution in [2.75, 3.05) is 14.2 Å². The van der Waals surface area contributed by atoms with Crippen molar-refractivity contribution in [3.05, 3.63) is 82.1 Å². The second-order valence-corrected chi connectivity index (χ2v) is 14.6. The highest BCUT2D eigenvalue weighted by atomic mass is 16.6. The molecule has 6 unspecified atom stereocenters. The van der Waals surface area contributed by atoms with Crippen LogP contribution in [-0.2, 0) is 19.1 Å². The zero-order valence-electron chi connectivity index (χ0n) is 29.5. The van der Waals surface area contributed by atoms with Gasteiger partial charge in [0.1, 0.15) is 22.8 Å². The number of fused-ring (bicyclic) bond motifs is 6. The molecule has 2 fully saturated rings. The number of carbonyl (C=O) groups excluding carboxylic acids is 3. The van der Waals surface area contributed by atoms with Crippen LogP contribution in [0.4, 0.5) is 0 Å². The molecule has 8 nitrogen and oxygen atoms in total. The summed E-state index contributed by atoms with van der Waals surface area (Å²) in [6.45, 7) is 9.63. The third-order valence-electron chi connectivity index (χ3n) is 12.1. The van der Waals surface area contributed by atoms with Gasteiger partial charge in [0.05, 0.1) is 19.6 Å². The molecule has 0 spiro atoms. The van der Waals surface area contributed by atoms with Crippen molar-refractivity contribution in [1.82, 2.24) is 0 Å². The van der Waals surface area contributed by atoms with Crippen molar-refractivity contribution in [2.24, 2.45) is 28.6 Å². The molecule has 49 heavy (non-hydrogen) atoms. The molecule has 2 aromatic carbocycles. The number of hydrogen-bond donors (Lipinski definition) is 0. The second kappa shape index (κ2) is 12.8. The normalized spacial score (nSPS) is 30.0. The van der Waals surface area contributed by atoms with Crippen LogP contribution in [0.25, 0.3) is 22.3 Å². The summed E-state index contributed by atoms with van der Waals surface area (Å²) >= 11 is 0. The lowest BCUT2D eigenvalue weighted by Crippen LogP contribution is -2.58.